The second-order valence-electron chi connectivity index (χ2n) is 12.7. The number of halogens is 3. The van der Waals surface area contributed by atoms with Gasteiger partial charge in [0.2, 0.25) is 0 Å². The number of hydrogen-bond donors (Lipinski definition) is 2. The highest BCUT2D eigenvalue weighted by Crippen LogP contribution is 2.34. The lowest BCUT2D eigenvalue weighted by atomic mass is 10.1. The number of aliphatic hydroxyl groups is 1. The number of fused-ring (bicyclic) bond motifs is 1. The van der Waals surface area contributed by atoms with Crippen molar-refractivity contribution in [2.24, 2.45) is 12.8 Å². The molecule has 1 aliphatic heterocycles. The highest BCUT2D eigenvalue weighted by molar-refractivity contribution is 5.58. The molecule has 6 rings (SSSR count). The van der Waals surface area contributed by atoms with Gasteiger partial charge in [-0.25, -0.2) is 4.79 Å². The van der Waals surface area contributed by atoms with Gasteiger partial charge in [-0.15, -0.1) is 10.2 Å². The van der Waals surface area contributed by atoms with Crippen molar-refractivity contribution in [1.82, 2.24) is 28.6 Å². The molecule has 0 amide bonds. The van der Waals surface area contributed by atoms with Crippen molar-refractivity contribution < 1.29 is 32.5 Å². The molecule has 2 aromatic carbocycles. The zero-order valence-electron chi connectivity index (χ0n) is 28.3. The van der Waals surface area contributed by atoms with Gasteiger partial charge in [-0.1, -0.05) is 36.4 Å². The minimum absolute atomic E-state index is 0.0889. The first kappa shape index (κ1) is 36.4. The Bertz CT molecular complexity index is 1960. The van der Waals surface area contributed by atoms with Crippen molar-refractivity contribution in [1.29, 1.82) is 0 Å². The zero-order valence-corrected chi connectivity index (χ0v) is 28.3. The van der Waals surface area contributed by atoms with Gasteiger partial charge in [0.15, 0.2) is 5.82 Å². The van der Waals surface area contributed by atoms with E-state index in [1.54, 1.807) is 35.9 Å². The summed E-state index contributed by atoms with van der Waals surface area (Å²) >= 11 is 0. The molecule has 5 aromatic rings. The number of benzene rings is 2. The molecule has 2 atom stereocenters. The Labute approximate surface area is 292 Å². The first-order valence-corrected chi connectivity index (χ1v) is 16.8. The summed E-state index contributed by atoms with van der Waals surface area (Å²) < 4.78 is 64.3. The van der Waals surface area contributed by atoms with E-state index in [0.29, 0.717) is 69.5 Å². The molecule has 0 spiro atoms. The third-order valence-electron chi connectivity index (χ3n) is 8.86. The summed E-state index contributed by atoms with van der Waals surface area (Å²) in [7, 11) is 1.68. The Balaban J connectivity index is 1.09. The molecule has 3 aromatic heterocycles. The summed E-state index contributed by atoms with van der Waals surface area (Å²) in [6.07, 6.45) is -0.167. The van der Waals surface area contributed by atoms with Crippen molar-refractivity contribution in [2.45, 2.75) is 51.0 Å². The van der Waals surface area contributed by atoms with Gasteiger partial charge in [0, 0.05) is 39.1 Å². The van der Waals surface area contributed by atoms with Gasteiger partial charge in [0.25, 0.3) is 0 Å². The lowest BCUT2D eigenvalue weighted by Gasteiger charge is -2.32. The van der Waals surface area contributed by atoms with Crippen LogP contribution >= 0.6 is 0 Å². The van der Waals surface area contributed by atoms with E-state index in [1.807, 2.05) is 24.3 Å². The molecular weight excluding hydrogens is 667 g/mol. The maximum atomic E-state index is 14.4. The average Bonchev–Trinajstić information content (AvgIpc) is 3.70. The third-order valence-corrected chi connectivity index (χ3v) is 8.86. The molecule has 0 aliphatic carbocycles. The van der Waals surface area contributed by atoms with Crippen molar-refractivity contribution in [2.75, 3.05) is 39.5 Å². The van der Waals surface area contributed by atoms with Gasteiger partial charge in [0.05, 0.1) is 55.9 Å². The molecule has 272 valence electrons. The highest BCUT2D eigenvalue weighted by atomic mass is 19.4. The molecular formula is C36H42F3N7O5. The normalized spacial score (nSPS) is 16.2. The van der Waals surface area contributed by atoms with E-state index in [-0.39, 0.29) is 24.0 Å². The van der Waals surface area contributed by atoms with Crippen LogP contribution in [0.25, 0.3) is 11.2 Å². The molecule has 3 N–H and O–H groups in total. The van der Waals surface area contributed by atoms with E-state index in [9.17, 15) is 23.1 Å². The van der Waals surface area contributed by atoms with Gasteiger partial charge < -0.3 is 29.6 Å². The summed E-state index contributed by atoms with van der Waals surface area (Å²) in [5.74, 6) is 0.285. The van der Waals surface area contributed by atoms with Crippen LogP contribution in [0, 0.1) is 0 Å². The molecule has 0 radical (unpaired) electrons. The molecule has 1 aliphatic rings. The van der Waals surface area contributed by atoms with Crippen LogP contribution in [0.3, 0.4) is 0 Å². The van der Waals surface area contributed by atoms with Crippen LogP contribution in [-0.4, -0.2) is 79.3 Å². The number of pyridine rings is 1. The molecule has 1 fully saturated rings. The number of piperidine rings is 1. The summed E-state index contributed by atoms with van der Waals surface area (Å²) in [4.78, 5) is 15.7. The maximum absolute atomic E-state index is 14.4. The number of rotatable bonds is 15. The molecule has 4 heterocycles. The fourth-order valence-electron chi connectivity index (χ4n) is 6.30. The molecule has 0 saturated carbocycles. The van der Waals surface area contributed by atoms with Crippen LogP contribution in [0.2, 0.25) is 0 Å². The van der Waals surface area contributed by atoms with Crippen molar-refractivity contribution in [3.05, 3.63) is 117 Å². The minimum Gasteiger partial charge on any atom is -0.380 e. The molecule has 0 unspecified atom stereocenters. The van der Waals surface area contributed by atoms with Crippen LogP contribution in [0.4, 0.5) is 13.2 Å². The molecule has 15 heteroatoms. The third kappa shape index (κ3) is 8.92. The van der Waals surface area contributed by atoms with Gasteiger partial charge in [-0.05, 0) is 59.8 Å². The topological polar surface area (TPSA) is 134 Å². The predicted octanol–water partition coefficient (Wildman–Crippen LogP) is 3.99. The van der Waals surface area contributed by atoms with Crippen LogP contribution < -0.4 is 11.4 Å². The van der Waals surface area contributed by atoms with Crippen LogP contribution in [0.15, 0.2) is 78.1 Å². The standard InChI is InChI=1S/C36H42F3N7O5/c1-43-24-41-42-34(43)33(47)28-4-2-5-29(17-28)45-21-32-31(36(37,38)39)16-27(19-46(32)35(45)48)18-44-12-3-6-30(20-44)51-15-14-50-23-26-9-7-25(8-10-26)22-49-13-11-40/h2,4-5,7-10,16-17,19,21,24,30,33,47H,3,6,11-15,18,20,22-23,40H2,1H3/t30-,33-/m1/s1. The molecule has 51 heavy (non-hydrogen) atoms. The highest BCUT2D eigenvalue weighted by Gasteiger charge is 2.35. The number of nitrogens with two attached hydrogens (primary N) is 1. The number of aromatic nitrogens is 5. The Kier molecular flexibility index (Phi) is 11.6. The van der Waals surface area contributed by atoms with Gasteiger partial charge >= 0.3 is 11.9 Å². The molecule has 1 saturated heterocycles. The monoisotopic (exact) mass is 709 g/mol. The number of ether oxygens (including phenoxy) is 3. The summed E-state index contributed by atoms with van der Waals surface area (Å²) in [6.45, 7) is 4.24. The Morgan fingerprint density at radius 2 is 1.75 bits per heavy atom. The number of alkyl halides is 3. The number of hydrogen-bond acceptors (Lipinski definition) is 9. The fourth-order valence-corrected chi connectivity index (χ4v) is 6.30. The van der Waals surface area contributed by atoms with Crippen LogP contribution in [0.5, 0.6) is 0 Å². The lowest BCUT2D eigenvalue weighted by molar-refractivity contribution is -0.136. The first-order chi connectivity index (χ1) is 24.6. The summed E-state index contributed by atoms with van der Waals surface area (Å²) in [5.41, 5.74) is 6.81. The predicted molar refractivity (Wildman–Crippen MR) is 182 cm³/mol. The Morgan fingerprint density at radius 3 is 2.43 bits per heavy atom. The van der Waals surface area contributed by atoms with Crippen molar-refractivity contribution in [3.8, 4) is 5.69 Å². The fraction of sp³-hybridized carbons (Fsp3) is 0.417. The van der Waals surface area contributed by atoms with Crippen LogP contribution in [-0.2, 0) is 47.2 Å². The van der Waals surface area contributed by atoms with Crippen LogP contribution in [0.1, 0.15) is 52.6 Å². The van der Waals surface area contributed by atoms with E-state index >= 15 is 0 Å². The van der Waals surface area contributed by atoms with Crippen molar-refractivity contribution in [3.63, 3.8) is 0 Å². The van der Waals surface area contributed by atoms with E-state index in [4.69, 9.17) is 19.9 Å². The maximum Gasteiger partial charge on any atom is 0.418 e. The number of nitrogens with zero attached hydrogens (tertiary/aromatic N) is 6. The van der Waals surface area contributed by atoms with Crippen molar-refractivity contribution >= 4 is 5.52 Å². The number of likely N-dealkylation sites (tertiary alicyclic amines) is 1. The summed E-state index contributed by atoms with van der Waals surface area (Å²) in [6, 6.07) is 15.5. The SMILES string of the molecule is Cn1cnnc1[C@H](O)c1cccc(-n2cc3c(C(F)(F)F)cc(CN4CCC[C@@H](OCCOCc5ccc(COCCN)cc5)C4)cn3c2=O)c1. The molecule has 0 bridgehead atoms. The first-order valence-electron chi connectivity index (χ1n) is 16.8. The largest absolute Gasteiger partial charge is 0.418 e. The van der Waals surface area contributed by atoms with E-state index in [1.165, 1.54) is 18.7 Å². The van der Waals surface area contributed by atoms with Gasteiger partial charge in [-0.3, -0.25) is 13.9 Å². The number of aryl methyl sites for hydroxylation is 1. The minimum atomic E-state index is -4.70. The second kappa shape index (κ2) is 16.3. The van der Waals surface area contributed by atoms with E-state index < -0.39 is 23.5 Å². The number of aliphatic hydroxyl groups excluding tert-OH is 1. The van der Waals surface area contributed by atoms with Gasteiger partial charge in [-0.2, -0.15) is 13.2 Å². The Morgan fingerprint density at radius 1 is 1.00 bits per heavy atom. The Hall–Kier alpha value is -4.38. The second-order valence-corrected chi connectivity index (χ2v) is 12.7. The zero-order chi connectivity index (χ0) is 36.0. The van der Waals surface area contributed by atoms with E-state index in [0.717, 1.165) is 39.0 Å². The quantitative estimate of drug-likeness (QED) is 0.155. The average molecular weight is 710 g/mol. The van der Waals surface area contributed by atoms with E-state index in [2.05, 4.69) is 15.1 Å². The van der Waals surface area contributed by atoms with Gasteiger partial charge in [0.1, 0.15) is 12.4 Å². The number of imidazole rings is 1. The lowest BCUT2D eigenvalue weighted by Crippen LogP contribution is -2.39. The molecule has 12 nitrogen and oxygen atoms in total. The smallest absolute Gasteiger partial charge is 0.380 e. The summed E-state index contributed by atoms with van der Waals surface area (Å²) in [5, 5.41) is 18.6.